The number of unbranched alkanes of at least 4 members (excludes halogenated alkanes) is 1. The molecule has 4 nitrogen and oxygen atoms in total. The maximum Gasteiger partial charge on any atom is 0.335 e. The summed E-state index contributed by atoms with van der Waals surface area (Å²) in [5.41, 5.74) is 1.29. The number of benzene rings is 1. The van der Waals surface area contributed by atoms with E-state index in [0.717, 1.165) is 24.9 Å². The Kier molecular flexibility index (Phi) is 6.14. The standard InChI is InChI=1S/C13H18N2O2S/c1-2-3-8-14-13(18)15-9-10-4-6-11(7-5-10)12(16)17/h4-7H,2-3,8-9H2,1H3,(H,16,17)(H2,14,15,18). The van der Waals surface area contributed by atoms with E-state index in [1.54, 1.807) is 24.3 Å². The zero-order valence-electron chi connectivity index (χ0n) is 10.4. The van der Waals surface area contributed by atoms with Crippen molar-refractivity contribution in [2.45, 2.75) is 26.3 Å². The van der Waals surface area contributed by atoms with Crippen LogP contribution in [0.1, 0.15) is 35.7 Å². The van der Waals surface area contributed by atoms with Crippen LogP contribution in [0.25, 0.3) is 0 Å². The molecule has 1 rings (SSSR count). The van der Waals surface area contributed by atoms with Crippen LogP contribution in [0.3, 0.4) is 0 Å². The molecule has 0 radical (unpaired) electrons. The van der Waals surface area contributed by atoms with Crippen LogP contribution in [0, 0.1) is 0 Å². The third-order valence-corrected chi connectivity index (χ3v) is 2.76. The molecule has 0 aromatic heterocycles. The van der Waals surface area contributed by atoms with Crippen LogP contribution in [-0.4, -0.2) is 22.7 Å². The van der Waals surface area contributed by atoms with Crippen molar-refractivity contribution < 1.29 is 9.90 Å². The second-order valence-corrected chi connectivity index (χ2v) is 4.37. The molecule has 18 heavy (non-hydrogen) atoms. The van der Waals surface area contributed by atoms with Crippen molar-refractivity contribution >= 4 is 23.3 Å². The number of rotatable bonds is 6. The maximum absolute atomic E-state index is 10.7. The molecule has 0 fully saturated rings. The lowest BCUT2D eigenvalue weighted by molar-refractivity contribution is 0.0697. The highest BCUT2D eigenvalue weighted by atomic mass is 32.1. The minimum atomic E-state index is -0.911. The highest BCUT2D eigenvalue weighted by molar-refractivity contribution is 7.80. The van der Waals surface area contributed by atoms with Gasteiger partial charge in [-0.1, -0.05) is 25.5 Å². The Hall–Kier alpha value is -1.62. The van der Waals surface area contributed by atoms with E-state index in [2.05, 4.69) is 17.6 Å². The molecule has 3 N–H and O–H groups in total. The van der Waals surface area contributed by atoms with E-state index in [1.165, 1.54) is 0 Å². The fraction of sp³-hybridized carbons (Fsp3) is 0.385. The van der Waals surface area contributed by atoms with E-state index in [4.69, 9.17) is 17.3 Å². The molecular formula is C13H18N2O2S. The van der Waals surface area contributed by atoms with Gasteiger partial charge in [-0.2, -0.15) is 0 Å². The van der Waals surface area contributed by atoms with Gasteiger partial charge in [0.25, 0.3) is 0 Å². The fourth-order valence-corrected chi connectivity index (χ4v) is 1.56. The molecule has 0 saturated carbocycles. The summed E-state index contributed by atoms with van der Waals surface area (Å²) in [7, 11) is 0. The van der Waals surface area contributed by atoms with Crippen LogP contribution >= 0.6 is 12.2 Å². The van der Waals surface area contributed by atoms with E-state index in [-0.39, 0.29) is 0 Å². The van der Waals surface area contributed by atoms with Crippen molar-refractivity contribution in [3.63, 3.8) is 0 Å². The summed E-state index contributed by atoms with van der Waals surface area (Å²) in [5.74, 6) is -0.911. The normalized spacial score (nSPS) is 9.83. The molecule has 0 atom stereocenters. The third-order valence-electron chi connectivity index (χ3n) is 2.47. The van der Waals surface area contributed by atoms with Gasteiger partial charge in [-0.05, 0) is 36.3 Å². The van der Waals surface area contributed by atoms with Crippen molar-refractivity contribution in [3.05, 3.63) is 35.4 Å². The summed E-state index contributed by atoms with van der Waals surface area (Å²) in [5, 5.41) is 15.6. The zero-order valence-corrected chi connectivity index (χ0v) is 11.2. The van der Waals surface area contributed by atoms with Gasteiger partial charge in [0.05, 0.1) is 5.56 Å². The van der Waals surface area contributed by atoms with E-state index in [9.17, 15) is 4.79 Å². The number of hydrogen-bond acceptors (Lipinski definition) is 2. The molecule has 0 heterocycles. The van der Waals surface area contributed by atoms with Crippen LogP contribution in [0.5, 0.6) is 0 Å². The minimum Gasteiger partial charge on any atom is -0.478 e. The molecule has 0 saturated heterocycles. The van der Waals surface area contributed by atoms with E-state index in [1.807, 2.05) is 0 Å². The minimum absolute atomic E-state index is 0.294. The maximum atomic E-state index is 10.7. The number of aromatic carboxylic acids is 1. The molecule has 0 aliphatic heterocycles. The first-order valence-corrected chi connectivity index (χ1v) is 6.38. The van der Waals surface area contributed by atoms with Gasteiger partial charge in [0.2, 0.25) is 0 Å². The van der Waals surface area contributed by atoms with E-state index in [0.29, 0.717) is 17.2 Å². The summed E-state index contributed by atoms with van der Waals surface area (Å²) < 4.78 is 0. The summed E-state index contributed by atoms with van der Waals surface area (Å²) in [6.07, 6.45) is 2.22. The fourth-order valence-electron chi connectivity index (χ4n) is 1.39. The Morgan fingerprint density at radius 2 is 1.94 bits per heavy atom. The van der Waals surface area contributed by atoms with Gasteiger partial charge in [-0.25, -0.2) is 4.79 Å². The molecule has 1 aromatic rings. The lowest BCUT2D eigenvalue weighted by Crippen LogP contribution is -2.35. The number of carboxylic acid groups (broad SMARTS) is 1. The van der Waals surface area contributed by atoms with Crippen LogP contribution < -0.4 is 10.6 Å². The van der Waals surface area contributed by atoms with Crippen LogP contribution in [-0.2, 0) is 6.54 Å². The van der Waals surface area contributed by atoms with E-state index >= 15 is 0 Å². The zero-order chi connectivity index (χ0) is 13.4. The molecule has 5 heteroatoms. The van der Waals surface area contributed by atoms with Crippen molar-refractivity contribution in [1.29, 1.82) is 0 Å². The van der Waals surface area contributed by atoms with Crippen molar-refractivity contribution in [3.8, 4) is 0 Å². The summed E-state index contributed by atoms with van der Waals surface area (Å²) in [4.78, 5) is 10.7. The first kappa shape index (κ1) is 14.4. The predicted molar refractivity (Wildman–Crippen MR) is 75.7 cm³/mol. The molecule has 0 aliphatic carbocycles. The first-order valence-electron chi connectivity index (χ1n) is 5.97. The monoisotopic (exact) mass is 266 g/mol. The molecule has 0 bridgehead atoms. The topological polar surface area (TPSA) is 61.4 Å². The quantitative estimate of drug-likeness (QED) is 0.544. The first-order chi connectivity index (χ1) is 8.63. The van der Waals surface area contributed by atoms with Gasteiger partial charge in [0.1, 0.15) is 0 Å². The molecule has 1 aromatic carbocycles. The Bertz CT molecular complexity index is 404. The van der Waals surface area contributed by atoms with Crippen LogP contribution in [0.4, 0.5) is 0 Å². The lowest BCUT2D eigenvalue weighted by Gasteiger charge is -2.10. The van der Waals surface area contributed by atoms with Crippen molar-refractivity contribution in [1.82, 2.24) is 10.6 Å². The molecule has 0 amide bonds. The second-order valence-electron chi connectivity index (χ2n) is 3.97. The van der Waals surface area contributed by atoms with Crippen LogP contribution in [0.2, 0.25) is 0 Å². The SMILES string of the molecule is CCCCNC(=S)NCc1ccc(C(=O)O)cc1. The smallest absolute Gasteiger partial charge is 0.335 e. The number of nitrogens with one attached hydrogen (secondary N) is 2. The summed E-state index contributed by atoms with van der Waals surface area (Å²) >= 11 is 5.12. The van der Waals surface area contributed by atoms with Gasteiger partial charge in [-0.15, -0.1) is 0 Å². The lowest BCUT2D eigenvalue weighted by atomic mass is 10.1. The third kappa shape index (κ3) is 5.14. The highest BCUT2D eigenvalue weighted by Crippen LogP contribution is 2.04. The summed E-state index contributed by atoms with van der Waals surface area (Å²) in [6, 6.07) is 6.75. The largest absolute Gasteiger partial charge is 0.478 e. The molecule has 0 aliphatic rings. The van der Waals surface area contributed by atoms with Gasteiger partial charge >= 0.3 is 5.97 Å². The van der Waals surface area contributed by atoms with Crippen LogP contribution in [0.15, 0.2) is 24.3 Å². The van der Waals surface area contributed by atoms with Gasteiger partial charge < -0.3 is 15.7 Å². The highest BCUT2D eigenvalue weighted by Gasteiger charge is 2.01. The Labute approximate surface area is 112 Å². The number of carboxylic acids is 1. The van der Waals surface area contributed by atoms with Gasteiger partial charge in [0, 0.05) is 13.1 Å². The average Bonchev–Trinajstić information content (AvgIpc) is 2.37. The molecular weight excluding hydrogens is 248 g/mol. The Balaban J connectivity index is 2.34. The second kappa shape index (κ2) is 7.66. The molecule has 0 unspecified atom stereocenters. The van der Waals surface area contributed by atoms with Crippen molar-refractivity contribution in [2.24, 2.45) is 0 Å². The van der Waals surface area contributed by atoms with Gasteiger partial charge in [-0.3, -0.25) is 0 Å². The average molecular weight is 266 g/mol. The molecule has 98 valence electrons. The Morgan fingerprint density at radius 1 is 1.28 bits per heavy atom. The molecule has 0 spiro atoms. The predicted octanol–water partition coefficient (Wildman–Crippen LogP) is 2.15. The summed E-state index contributed by atoms with van der Waals surface area (Å²) in [6.45, 7) is 3.60. The van der Waals surface area contributed by atoms with Gasteiger partial charge in [0.15, 0.2) is 5.11 Å². The van der Waals surface area contributed by atoms with Crippen molar-refractivity contribution in [2.75, 3.05) is 6.54 Å². The number of thiocarbonyl (C=S) groups is 1. The number of carbonyl (C=O) groups is 1. The van der Waals surface area contributed by atoms with E-state index < -0.39 is 5.97 Å². The number of hydrogen-bond donors (Lipinski definition) is 3. The Morgan fingerprint density at radius 3 is 2.50 bits per heavy atom.